The molecule has 0 amide bonds. The number of anilines is 2. The lowest BCUT2D eigenvalue weighted by Crippen LogP contribution is -2.27. The number of benzene rings is 2. The maximum atomic E-state index is 13.7. The first-order valence-corrected chi connectivity index (χ1v) is 12.8. The van der Waals surface area contributed by atoms with Gasteiger partial charge in [0.2, 0.25) is 0 Å². The minimum absolute atomic E-state index is 0.0803. The first kappa shape index (κ1) is 25.9. The maximum Gasteiger partial charge on any atom is 0.198 e. The van der Waals surface area contributed by atoms with Crippen LogP contribution in [0.15, 0.2) is 36.4 Å². The Morgan fingerprint density at radius 2 is 1.03 bits per heavy atom. The largest absolute Gasteiger partial charge is 0.384 e. The molecule has 0 bridgehead atoms. The quantitative estimate of drug-likeness (QED) is 0.336. The number of hydrogen-bond acceptors (Lipinski definition) is 6. The summed E-state index contributed by atoms with van der Waals surface area (Å²) in [4.78, 5) is 31.8. The Bertz CT molecular complexity index is 905. The van der Waals surface area contributed by atoms with Gasteiger partial charge in [-0.25, -0.2) is 0 Å². The molecule has 6 nitrogen and oxygen atoms in total. The van der Waals surface area contributed by atoms with Crippen molar-refractivity contribution in [2.24, 2.45) is 0 Å². The summed E-state index contributed by atoms with van der Waals surface area (Å²) in [5.74, 6) is -0.161. The molecule has 0 saturated heterocycles. The zero-order valence-electron chi connectivity index (χ0n) is 21.2. The van der Waals surface area contributed by atoms with Crippen molar-refractivity contribution in [1.29, 1.82) is 0 Å². The second kappa shape index (κ2) is 12.7. The molecule has 0 spiro atoms. The molecule has 0 fully saturated rings. The van der Waals surface area contributed by atoms with Gasteiger partial charge in [-0.15, -0.1) is 0 Å². The third kappa shape index (κ3) is 5.86. The van der Waals surface area contributed by atoms with Gasteiger partial charge in [-0.3, -0.25) is 9.59 Å². The van der Waals surface area contributed by atoms with E-state index in [0.717, 1.165) is 76.6 Å². The van der Waals surface area contributed by atoms with Crippen molar-refractivity contribution in [2.45, 2.75) is 40.5 Å². The smallest absolute Gasteiger partial charge is 0.198 e. The molecule has 1 aliphatic rings. The molecule has 0 aliphatic heterocycles. The highest BCUT2D eigenvalue weighted by Gasteiger charge is 2.33. The fraction of sp³-hybridized carbons (Fsp3) is 0.500. The van der Waals surface area contributed by atoms with Crippen molar-refractivity contribution < 1.29 is 9.59 Å². The van der Waals surface area contributed by atoms with E-state index in [-0.39, 0.29) is 11.6 Å². The molecule has 2 aromatic carbocycles. The molecule has 0 saturated carbocycles. The Kier molecular flexibility index (Phi) is 9.66. The van der Waals surface area contributed by atoms with Gasteiger partial charge < -0.3 is 20.4 Å². The summed E-state index contributed by atoms with van der Waals surface area (Å²) in [5.41, 5.74) is 3.48. The van der Waals surface area contributed by atoms with Crippen molar-refractivity contribution in [1.82, 2.24) is 9.80 Å². The average Bonchev–Trinajstić information content (AvgIpc) is 2.87. The van der Waals surface area contributed by atoms with E-state index in [0.29, 0.717) is 22.3 Å². The Morgan fingerprint density at radius 1 is 0.618 bits per heavy atom. The lowest BCUT2D eigenvalue weighted by molar-refractivity contribution is 0.0980. The summed E-state index contributed by atoms with van der Waals surface area (Å²) in [6.45, 7) is 16.3. The molecule has 184 valence electrons. The maximum absolute atomic E-state index is 13.7. The van der Waals surface area contributed by atoms with Gasteiger partial charge in [-0.05, 0) is 64.2 Å². The monoisotopic (exact) mass is 464 g/mol. The van der Waals surface area contributed by atoms with Crippen LogP contribution in [-0.2, 0) is 0 Å². The SMILES string of the molecule is CCN(CC)CCCNc1cccc2c1C(=O)c1c(NCCCN(CC)CC)cccc1C2=O. The minimum Gasteiger partial charge on any atom is -0.384 e. The van der Waals surface area contributed by atoms with Crippen molar-refractivity contribution in [3.8, 4) is 0 Å². The fourth-order valence-corrected chi connectivity index (χ4v) is 4.67. The van der Waals surface area contributed by atoms with E-state index in [4.69, 9.17) is 0 Å². The van der Waals surface area contributed by atoms with Gasteiger partial charge in [0.25, 0.3) is 0 Å². The highest BCUT2D eigenvalue weighted by molar-refractivity contribution is 6.31. The number of fused-ring (bicyclic) bond motifs is 2. The van der Waals surface area contributed by atoms with Crippen LogP contribution in [0.2, 0.25) is 0 Å². The van der Waals surface area contributed by atoms with E-state index >= 15 is 0 Å². The van der Waals surface area contributed by atoms with E-state index in [1.165, 1.54) is 0 Å². The molecule has 0 atom stereocenters. The number of nitrogens with one attached hydrogen (secondary N) is 2. The van der Waals surface area contributed by atoms with Crippen LogP contribution >= 0.6 is 0 Å². The summed E-state index contributed by atoms with van der Waals surface area (Å²) in [6, 6.07) is 11.1. The number of ketones is 2. The number of carbonyl (C=O) groups excluding carboxylic acids is 2. The first-order chi connectivity index (χ1) is 16.5. The van der Waals surface area contributed by atoms with Crippen molar-refractivity contribution in [2.75, 3.05) is 63.0 Å². The molecule has 2 N–H and O–H groups in total. The van der Waals surface area contributed by atoms with Crippen LogP contribution in [0.1, 0.15) is 72.4 Å². The second-order valence-electron chi connectivity index (χ2n) is 8.73. The third-order valence-corrected chi connectivity index (χ3v) is 6.79. The van der Waals surface area contributed by atoms with Crippen LogP contribution in [0.4, 0.5) is 11.4 Å². The Morgan fingerprint density at radius 3 is 1.41 bits per heavy atom. The topological polar surface area (TPSA) is 64.7 Å². The Hall–Kier alpha value is -2.70. The average molecular weight is 465 g/mol. The Balaban J connectivity index is 1.76. The second-order valence-corrected chi connectivity index (χ2v) is 8.73. The summed E-state index contributed by atoms with van der Waals surface area (Å²) in [5, 5.41) is 6.86. The molecule has 34 heavy (non-hydrogen) atoms. The van der Waals surface area contributed by atoms with Crippen LogP contribution in [0, 0.1) is 0 Å². The molecule has 0 unspecified atom stereocenters. The van der Waals surface area contributed by atoms with Gasteiger partial charge in [0.1, 0.15) is 0 Å². The van der Waals surface area contributed by atoms with Crippen LogP contribution in [0.5, 0.6) is 0 Å². The van der Waals surface area contributed by atoms with E-state index in [9.17, 15) is 9.59 Å². The van der Waals surface area contributed by atoms with Crippen LogP contribution < -0.4 is 10.6 Å². The van der Waals surface area contributed by atoms with E-state index in [2.05, 4.69) is 48.1 Å². The van der Waals surface area contributed by atoms with Crippen LogP contribution in [0.25, 0.3) is 0 Å². The van der Waals surface area contributed by atoms with Crippen molar-refractivity contribution >= 4 is 22.9 Å². The zero-order chi connectivity index (χ0) is 24.5. The predicted molar refractivity (Wildman–Crippen MR) is 142 cm³/mol. The van der Waals surface area contributed by atoms with Crippen LogP contribution in [-0.4, -0.2) is 73.7 Å². The molecular formula is C28H40N4O2. The number of rotatable bonds is 14. The molecule has 6 heteroatoms. The highest BCUT2D eigenvalue weighted by Crippen LogP contribution is 2.35. The molecular weight excluding hydrogens is 424 g/mol. The fourth-order valence-electron chi connectivity index (χ4n) is 4.67. The lowest BCUT2D eigenvalue weighted by Gasteiger charge is -2.24. The van der Waals surface area contributed by atoms with E-state index in [1.807, 2.05) is 24.3 Å². The number of carbonyl (C=O) groups is 2. The third-order valence-electron chi connectivity index (χ3n) is 6.79. The van der Waals surface area contributed by atoms with Crippen molar-refractivity contribution in [3.63, 3.8) is 0 Å². The zero-order valence-corrected chi connectivity index (χ0v) is 21.2. The number of hydrogen-bond donors (Lipinski definition) is 2. The van der Waals surface area contributed by atoms with Crippen molar-refractivity contribution in [3.05, 3.63) is 58.7 Å². The standard InChI is InChI=1S/C28H40N4O2/c1-5-31(6-2)19-11-17-29-23-15-9-13-21-25(23)28(34)26-22(27(21)33)14-10-16-24(26)30-18-12-20-32(7-3)8-4/h9-10,13-16,29-30H,5-8,11-12,17-20H2,1-4H3. The van der Waals surface area contributed by atoms with E-state index < -0.39 is 0 Å². The molecule has 0 heterocycles. The lowest BCUT2D eigenvalue weighted by atomic mass is 9.82. The molecule has 1 aliphatic carbocycles. The highest BCUT2D eigenvalue weighted by atomic mass is 16.1. The summed E-state index contributed by atoms with van der Waals surface area (Å²) in [6.07, 6.45) is 1.95. The number of nitrogens with zero attached hydrogens (tertiary/aromatic N) is 2. The van der Waals surface area contributed by atoms with E-state index in [1.54, 1.807) is 12.1 Å². The van der Waals surface area contributed by atoms with Crippen LogP contribution in [0.3, 0.4) is 0 Å². The van der Waals surface area contributed by atoms with Gasteiger partial charge in [-0.1, -0.05) is 52.0 Å². The Labute approximate surface area is 204 Å². The summed E-state index contributed by atoms with van der Waals surface area (Å²) in [7, 11) is 0. The molecule has 3 rings (SSSR count). The van der Waals surface area contributed by atoms with Gasteiger partial charge in [0, 0.05) is 35.6 Å². The normalized spacial score (nSPS) is 12.8. The molecule has 2 aromatic rings. The van der Waals surface area contributed by atoms with Gasteiger partial charge in [-0.2, -0.15) is 0 Å². The van der Waals surface area contributed by atoms with Gasteiger partial charge in [0.15, 0.2) is 11.6 Å². The minimum atomic E-state index is -0.0804. The first-order valence-electron chi connectivity index (χ1n) is 12.8. The predicted octanol–water partition coefficient (Wildman–Crippen LogP) is 4.75. The summed E-state index contributed by atoms with van der Waals surface area (Å²) < 4.78 is 0. The van der Waals surface area contributed by atoms with Gasteiger partial charge in [0.05, 0.1) is 11.1 Å². The molecule has 0 radical (unpaired) electrons. The molecule has 0 aromatic heterocycles. The summed E-state index contributed by atoms with van der Waals surface area (Å²) >= 11 is 0. The van der Waals surface area contributed by atoms with Gasteiger partial charge >= 0.3 is 0 Å².